The van der Waals surface area contributed by atoms with E-state index in [-0.39, 0.29) is 6.10 Å². The number of unbranched alkanes of at least 4 members (excludes halogenated alkanes) is 11. The zero-order chi connectivity index (χ0) is 61.8. The maximum Gasteiger partial charge on any atom is 0.114 e. The molecular formula is C67H112O11. The van der Waals surface area contributed by atoms with Crippen LogP contribution in [0.1, 0.15) is 170 Å². The Morgan fingerprint density at radius 3 is 1.09 bits per heavy atom. The maximum absolute atomic E-state index is 5.02. The highest BCUT2D eigenvalue weighted by molar-refractivity contribution is 4.99. The van der Waals surface area contributed by atoms with Crippen molar-refractivity contribution in [1.82, 2.24) is 0 Å². The molecule has 446 valence electrons. The first-order valence-corrected chi connectivity index (χ1v) is 26.4. The predicted octanol–water partition coefficient (Wildman–Crippen LogP) is 12.9. The van der Waals surface area contributed by atoms with Gasteiger partial charge in [-0.2, -0.15) is 0 Å². The number of hydrogen-bond acceptors (Lipinski definition) is 11. The van der Waals surface area contributed by atoms with Crippen LogP contribution in [0.4, 0.5) is 0 Å². The first-order valence-electron chi connectivity index (χ1n) is 26.4. The second-order valence-electron chi connectivity index (χ2n) is 14.2. The fourth-order valence-electron chi connectivity index (χ4n) is 3.45. The van der Waals surface area contributed by atoms with Crippen LogP contribution in [0.25, 0.3) is 0 Å². The van der Waals surface area contributed by atoms with Crippen LogP contribution >= 0.6 is 0 Å². The van der Waals surface area contributed by atoms with E-state index in [2.05, 4.69) is 155 Å². The Kier molecular flexibility index (Phi) is 168. The summed E-state index contributed by atoms with van der Waals surface area (Å²) in [4.78, 5) is 0. The molecule has 1 atom stereocenters. The van der Waals surface area contributed by atoms with Crippen LogP contribution in [-0.2, 0) is 52.1 Å². The topological polar surface area (TPSA) is 102 Å². The lowest BCUT2D eigenvalue weighted by atomic mass is 10.1. The van der Waals surface area contributed by atoms with Gasteiger partial charge in [0, 0.05) is 135 Å². The number of methoxy groups -OCH3 is 11. The molecule has 0 N–H and O–H groups in total. The third kappa shape index (κ3) is 208. The number of rotatable bonds is 23. The first-order chi connectivity index (χ1) is 38.0. The minimum Gasteiger partial charge on any atom is -0.450 e. The standard InChI is InChI=1S/C11H20O.C9H16O.C7H12O.2C6H10O.4C5H8O.2C4H6O/c1-3-4-5-6-7-8-9-10-11-12-2;1-3-4-5-6-7-8-9-10-2;1-3-4-5-6-7-8-2;2*1-3-4-5-6-7-2;1-4-5(2)6-3;3*1-3-4-5-6-2;2*1-3-4-5-2/h3,6-11H2,1-2H3;3-6,9H2,1-2H3;1H,4-7H2,2H3;3-4H2,1-2H3;1H,4-6H2,2H3;1,5H,2-3H3;5H2,1-2H3;3H2,1-2H3;1H,4-5H2,2H3;1-2H3;1H,4H2,2H3. The summed E-state index contributed by atoms with van der Waals surface area (Å²) in [6.45, 7) is 18.4. The Hall–Kier alpha value is -5.76. The van der Waals surface area contributed by atoms with Crippen LogP contribution in [0.5, 0.6) is 0 Å². The Balaban J connectivity index is -0.0000000711. The quantitative estimate of drug-likeness (QED) is 0.0722. The molecule has 11 nitrogen and oxygen atoms in total. The molecule has 0 amide bonds. The molecule has 0 heterocycles. The predicted molar refractivity (Wildman–Crippen MR) is 333 cm³/mol. The SMILES string of the molecule is C#CC(C)OC.C#CCCCCOC.C#CCCCOC.C#CCCOC.C#CCOC.CC#CCOC.CC#COC.CCC#CCCCCCCOC.CCC#COC.CCCC#COC.CCCCCC#CCOC. The van der Waals surface area contributed by atoms with Crippen molar-refractivity contribution >= 4 is 0 Å². The van der Waals surface area contributed by atoms with Gasteiger partial charge in [0.25, 0.3) is 0 Å². The fraction of sp³-hybridized carbons (Fsp3) is 0.672. The van der Waals surface area contributed by atoms with Gasteiger partial charge >= 0.3 is 0 Å². The van der Waals surface area contributed by atoms with Crippen molar-refractivity contribution in [3.05, 3.63) is 0 Å². The molecule has 1 unspecified atom stereocenters. The smallest absolute Gasteiger partial charge is 0.114 e. The van der Waals surface area contributed by atoms with Crippen molar-refractivity contribution in [3.63, 3.8) is 0 Å². The monoisotopic (exact) mass is 1090 g/mol. The summed E-state index contributed by atoms with van der Waals surface area (Å²) in [5.41, 5.74) is 0. The van der Waals surface area contributed by atoms with E-state index in [0.29, 0.717) is 26.4 Å². The molecule has 0 aliphatic rings. The van der Waals surface area contributed by atoms with Crippen LogP contribution in [0.15, 0.2) is 0 Å². The molecule has 0 saturated carbocycles. The van der Waals surface area contributed by atoms with Gasteiger partial charge in [-0.05, 0) is 58.8 Å². The largest absolute Gasteiger partial charge is 0.450 e. The van der Waals surface area contributed by atoms with E-state index in [1.54, 1.807) is 84.9 Å². The molecule has 0 fully saturated rings. The van der Waals surface area contributed by atoms with Gasteiger partial charge in [0.15, 0.2) is 0 Å². The van der Waals surface area contributed by atoms with E-state index < -0.39 is 0 Å². The van der Waals surface area contributed by atoms with Crippen LogP contribution in [-0.4, -0.2) is 131 Å². The van der Waals surface area contributed by atoms with Gasteiger partial charge in [0.1, 0.15) is 44.2 Å². The van der Waals surface area contributed by atoms with Gasteiger partial charge in [-0.3, -0.25) is 0 Å². The summed E-state index contributed by atoms with van der Waals surface area (Å²) >= 11 is 0. The minimum atomic E-state index is -0.0370. The second kappa shape index (κ2) is 134. The first kappa shape index (κ1) is 97.8. The maximum atomic E-state index is 5.02. The highest BCUT2D eigenvalue weighted by atomic mass is 16.5. The molecule has 0 aromatic rings. The number of hydrogen-bond donors (Lipinski definition) is 0. The summed E-state index contributed by atoms with van der Waals surface area (Å²) < 4.78 is 50.9. The third-order valence-electron chi connectivity index (χ3n) is 7.30. The average molecular weight is 1090 g/mol. The Morgan fingerprint density at radius 1 is 0.333 bits per heavy atom. The molecule has 0 aromatic carbocycles. The molecule has 0 spiro atoms. The zero-order valence-corrected chi connectivity index (χ0v) is 52.8. The van der Waals surface area contributed by atoms with E-state index in [1.807, 2.05) is 13.8 Å². The molecule has 0 aliphatic carbocycles. The lowest BCUT2D eigenvalue weighted by Crippen LogP contribution is -1.97. The van der Waals surface area contributed by atoms with Gasteiger partial charge in [-0.15, -0.1) is 73.6 Å². The molecular weight excluding hydrogens is 981 g/mol. The zero-order valence-electron chi connectivity index (χ0n) is 52.8. The normalized spacial score (nSPS) is 7.86. The Bertz CT molecular complexity index is 1630. The lowest BCUT2D eigenvalue weighted by molar-refractivity contribution is 0.164. The van der Waals surface area contributed by atoms with Crippen LogP contribution in [0, 0.1) is 133 Å². The molecule has 0 aromatic heterocycles. The van der Waals surface area contributed by atoms with Gasteiger partial charge in [-0.1, -0.05) is 94.8 Å². The van der Waals surface area contributed by atoms with E-state index in [1.165, 1.54) is 52.1 Å². The van der Waals surface area contributed by atoms with Crippen molar-refractivity contribution < 1.29 is 52.1 Å². The summed E-state index contributed by atoms with van der Waals surface area (Å²) in [6, 6.07) is 0. The average Bonchev–Trinajstić information content (AvgIpc) is 3.46. The molecule has 0 radical (unpaired) electrons. The molecule has 0 bridgehead atoms. The van der Waals surface area contributed by atoms with E-state index >= 15 is 0 Å². The Morgan fingerprint density at radius 2 is 0.769 bits per heavy atom. The lowest BCUT2D eigenvalue weighted by Gasteiger charge is -1.97. The Labute approximate surface area is 484 Å². The molecule has 0 rings (SSSR count). The highest BCUT2D eigenvalue weighted by Crippen LogP contribution is 2.02. The molecule has 78 heavy (non-hydrogen) atoms. The van der Waals surface area contributed by atoms with Crippen LogP contribution < -0.4 is 0 Å². The van der Waals surface area contributed by atoms with Gasteiger partial charge in [-0.25, -0.2) is 0 Å². The van der Waals surface area contributed by atoms with Crippen molar-refractivity contribution in [2.75, 3.05) is 124 Å². The van der Waals surface area contributed by atoms with Gasteiger partial charge < -0.3 is 52.1 Å². The van der Waals surface area contributed by atoms with Crippen LogP contribution in [0.3, 0.4) is 0 Å². The third-order valence-corrected chi connectivity index (χ3v) is 7.30. The second-order valence-corrected chi connectivity index (χ2v) is 14.2. The molecule has 0 aliphatic heterocycles. The van der Waals surface area contributed by atoms with Gasteiger partial charge in [0.2, 0.25) is 0 Å². The molecule has 0 saturated heterocycles. The van der Waals surface area contributed by atoms with Crippen molar-refractivity contribution in [2.45, 2.75) is 177 Å². The van der Waals surface area contributed by atoms with Crippen molar-refractivity contribution in [3.8, 4) is 133 Å². The summed E-state index contributed by atoms with van der Waals surface area (Å²) in [7, 11) is 17.9. The summed E-state index contributed by atoms with van der Waals surface area (Å²) in [6.07, 6.45) is 52.2. The van der Waals surface area contributed by atoms with Crippen LogP contribution in [0.2, 0.25) is 0 Å². The summed E-state index contributed by atoms with van der Waals surface area (Å²) in [5, 5.41) is 0. The fourth-order valence-corrected chi connectivity index (χ4v) is 3.45. The number of terminal acetylenes is 5. The number of ether oxygens (including phenoxy) is 11. The van der Waals surface area contributed by atoms with E-state index in [4.69, 9.17) is 51.1 Å². The van der Waals surface area contributed by atoms with E-state index in [0.717, 1.165) is 96.9 Å². The minimum absolute atomic E-state index is 0.0370. The van der Waals surface area contributed by atoms with E-state index in [9.17, 15) is 0 Å². The van der Waals surface area contributed by atoms with Crippen molar-refractivity contribution in [2.24, 2.45) is 0 Å². The summed E-state index contributed by atoms with van der Waals surface area (Å²) in [5.74, 6) is 37.9. The van der Waals surface area contributed by atoms with Crippen molar-refractivity contribution in [1.29, 1.82) is 0 Å². The highest BCUT2D eigenvalue weighted by Gasteiger charge is 1.88. The van der Waals surface area contributed by atoms with Gasteiger partial charge in [0.05, 0.1) is 27.9 Å². The molecule has 11 heteroatoms.